The molecule has 6 heteroatoms. The van der Waals surface area contributed by atoms with E-state index >= 15 is 0 Å². The van der Waals surface area contributed by atoms with E-state index in [4.69, 9.17) is 0 Å². The number of nitrogens with zero attached hydrogens (tertiary/aromatic N) is 3. The van der Waals surface area contributed by atoms with Crippen LogP contribution in [0.4, 0.5) is 16.2 Å². The molecule has 2 aromatic heterocycles. The SMILES string of the molecule is CCNc1ncc(F)c(N(C)CCc2cccs2)n1. The molecule has 1 N–H and O–H groups in total. The van der Waals surface area contributed by atoms with E-state index in [9.17, 15) is 4.39 Å². The second-order valence-corrected chi connectivity index (χ2v) is 5.18. The molecule has 19 heavy (non-hydrogen) atoms. The molecule has 0 aliphatic carbocycles. The summed E-state index contributed by atoms with van der Waals surface area (Å²) < 4.78 is 13.7. The molecule has 0 saturated carbocycles. The van der Waals surface area contributed by atoms with Crippen molar-refractivity contribution in [3.8, 4) is 0 Å². The van der Waals surface area contributed by atoms with Crippen molar-refractivity contribution < 1.29 is 4.39 Å². The Kier molecular flexibility index (Phi) is 4.68. The first kappa shape index (κ1) is 13.7. The first-order chi connectivity index (χ1) is 9.20. The van der Waals surface area contributed by atoms with Crippen LogP contribution in [-0.2, 0) is 6.42 Å². The van der Waals surface area contributed by atoms with Crippen molar-refractivity contribution in [1.82, 2.24) is 9.97 Å². The third kappa shape index (κ3) is 3.64. The minimum Gasteiger partial charge on any atom is -0.357 e. The Balaban J connectivity index is 2.04. The maximum atomic E-state index is 13.7. The predicted molar refractivity (Wildman–Crippen MR) is 77.4 cm³/mol. The molecule has 0 aliphatic heterocycles. The maximum absolute atomic E-state index is 13.7. The van der Waals surface area contributed by atoms with E-state index in [1.54, 1.807) is 11.3 Å². The van der Waals surface area contributed by atoms with Crippen LogP contribution in [0.1, 0.15) is 11.8 Å². The highest BCUT2D eigenvalue weighted by Crippen LogP contribution is 2.17. The zero-order chi connectivity index (χ0) is 13.7. The monoisotopic (exact) mass is 280 g/mol. The minimum absolute atomic E-state index is 0.336. The third-order valence-corrected chi connectivity index (χ3v) is 3.63. The predicted octanol–water partition coefficient (Wildman–Crippen LogP) is 2.79. The van der Waals surface area contributed by atoms with Crippen LogP contribution in [0.15, 0.2) is 23.7 Å². The van der Waals surface area contributed by atoms with Crippen LogP contribution in [0.5, 0.6) is 0 Å². The van der Waals surface area contributed by atoms with Crippen molar-refractivity contribution >= 4 is 23.1 Å². The first-order valence-electron chi connectivity index (χ1n) is 6.20. The molecule has 0 unspecified atom stereocenters. The van der Waals surface area contributed by atoms with Gasteiger partial charge in [-0.1, -0.05) is 6.07 Å². The normalized spacial score (nSPS) is 10.5. The van der Waals surface area contributed by atoms with Crippen LogP contribution in [0.25, 0.3) is 0 Å². The van der Waals surface area contributed by atoms with Crippen molar-refractivity contribution in [3.63, 3.8) is 0 Å². The van der Waals surface area contributed by atoms with Crippen LogP contribution in [0, 0.1) is 5.82 Å². The topological polar surface area (TPSA) is 41.1 Å². The summed E-state index contributed by atoms with van der Waals surface area (Å²) in [5.74, 6) is 0.403. The van der Waals surface area contributed by atoms with Crippen LogP contribution in [0.2, 0.25) is 0 Å². The summed E-state index contributed by atoms with van der Waals surface area (Å²) in [5, 5.41) is 5.03. The molecule has 0 radical (unpaired) electrons. The van der Waals surface area contributed by atoms with Gasteiger partial charge in [0.05, 0.1) is 6.20 Å². The average Bonchev–Trinajstić information content (AvgIpc) is 2.92. The van der Waals surface area contributed by atoms with E-state index in [1.165, 1.54) is 11.1 Å². The average molecular weight is 280 g/mol. The summed E-state index contributed by atoms with van der Waals surface area (Å²) in [7, 11) is 1.84. The fourth-order valence-corrected chi connectivity index (χ4v) is 2.41. The van der Waals surface area contributed by atoms with Gasteiger partial charge in [0.1, 0.15) is 0 Å². The summed E-state index contributed by atoms with van der Waals surface area (Å²) in [6.45, 7) is 3.39. The fraction of sp³-hybridized carbons (Fsp3) is 0.385. The standard InChI is InChI=1S/C13H17FN4S/c1-3-15-13-16-9-11(14)12(17-13)18(2)7-6-10-5-4-8-19-10/h4-5,8-9H,3,6-7H2,1-2H3,(H,15,16,17). The zero-order valence-electron chi connectivity index (χ0n) is 11.1. The van der Waals surface area contributed by atoms with Gasteiger partial charge in [0, 0.05) is 25.0 Å². The van der Waals surface area contributed by atoms with E-state index in [0.717, 1.165) is 13.0 Å². The molecule has 0 bridgehead atoms. The van der Waals surface area contributed by atoms with Gasteiger partial charge in [-0.15, -0.1) is 11.3 Å². The molecular formula is C13H17FN4S. The van der Waals surface area contributed by atoms with Crippen LogP contribution >= 0.6 is 11.3 Å². The van der Waals surface area contributed by atoms with Crippen LogP contribution < -0.4 is 10.2 Å². The van der Waals surface area contributed by atoms with Gasteiger partial charge < -0.3 is 10.2 Å². The van der Waals surface area contributed by atoms with Crippen molar-refractivity contribution in [2.45, 2.75) is 13.3 Å². The maximum Gasteiger partial charge on any atom is 0.224 e. The zero-order valence-corrected chi connectivity index (χ0v) is 11.9. The molecule has 2 aromatic rings. The summed E-state index contributed by atoms with van der Waals surface area (Å²) in [6.07, 6.45) is 2.09. The molecule has 0 atom stereocenters. The summed E-state index contributed by atoms with van der Waals surface area (Å²) in [5.41, 5.74) is 0. The lowest BCUT2D eigenvalue weighted by molar-refractivity contribution is 0.608. The molecule has 2 heterocycles. The Bertz CT molecular complexity index is 515. The number of aromatic nitrogens is 2. The van der Waals surface area contributed by atoms with Gasteiger partial charge in [-0.3, -0.25) is 0 Å². The number of hydrogen-bond acceptors (Lipinski definition) is 5. The second-order valence-electron chi connectivity index (χ2n) is 4.15. The molecule has 102 valence electrons. The number of hydrogen-bond donors (Lipinski definition) is 1. The van der Waals surface area contributed by atoms with Gasteiger partial charge in [-0.05, 0) is 24.8 Å². The van der Waals surface area contributed by atoms with Crippen molar-refractivity contribution in [2.24, 2.45) is 0 Å². The van der Waals surface area contributed by atoms with Gasteiger partial charge in [0.2, 0.25) is 5.95 Å². The highest BCUT2D eigenvalue weighted by Gasteiger charge is 2.11. The van der Waals surface area contributed by atoms with E-state index in [1.807, 2.05) is 30.3 Å². The Morgan fingerprint density at radius 1 is 1.47 bits per heavy atom. The van der Waals surface area contributed by atoms with Gasteiger partial charge in [-0.25, -0.2) is 9.37 Å². The number of nitrogens with one attached hydrogen (secondary N) is 1. The second kappa shape index (κ2) is 6.47. The molecule has 0 aliphatic rings. The molecule has 0 saturated heterocycles. The molecule has 2 rings (SSSR count). The number of rotatable bonds is 6. The largest absolute Gasteiger partial charge is 0.357 e. The summed E-state index contributed by atoms with van der Waals surface area (Å²) in [4.78, 5) is 11.2. The molecule has 0 fully saturated rings. The molecule has 4 nitrogen and oxygen atoms in total. The highest BCUT2D eigenvalue weighted by molar-refractivity contribution is 7.09. The number of thiophene rings is 1. The van der Waals surface area contributed by atoms with Crippen molar-refractivity contribution in [2.75, 3.05) is 30.4 Å². The van der Waals surface area contributed by atoms with E-state index in [0.29, 0.717) is 18.3 Å². The van der Waals surface area contributed by atoms with Gasteiger partial charge in [-0.2, -0.15) is 4.98 Å². The van der Waals surface area contributed by atoms with Crippen LogP contribution in [-0.4, -0.2) is 30.1 Å². The quantitative estimate of drug-likeness (QED) is 0.883. The molecule has 0 amide bonds. The molecular weight excluding hydrogens is 263 g/mol. The highest BCUT2D eigenvalue weighted by atomic mass is 32.1. The molecule has 0 spiro atoms. The first-order valence-corrected chi connectivity index (χ1v) is 7.08. The number of likely N-dealkylation sites (N-methyl/N-ethyl adjacent to an activating group) is 1. The Morgan fingerprint density at radius 2 is 2.32 bits per heavy atom. The van der Waals surface area contributed by atoms with Crippen molar-refractivity contribution in [3.05, 3.63) is 34.4 Å². The van der Waals surface area contributed by atoms with E-state index in [2.05, 4.69) is 21.4 Å². The van der Waals surface area contributed by atoms with Gasteiger partial charge in [0.15, 0.2) is 11.6 Å². The number of halogens is 1. The lowest BCUT2D eigenvalue weighted by atomic mass is 10.3. The van der Waals surface area contributed by atoms with Crippen molar-refractivity contribution in [1.29, 1.82) is 0 Å². The lowest BCUT2D eigenvalue weighted by Gasteiger charge is -2.18. The Morgan fingerprint density at radius 3 is 3.00 bits per heavy atom. The fourth-order valence-electron chi connectivity index (χ4n) is 1.71. The van der Waals surface area contributed by atoms with Gasteiger partial charge >= 0.3 is 0 Å². The summed E-state index contributed by atoms with van der Waals surface area (Å²) >= 11 is 1.71. The smallest absolute Gasteiger partial charge is 0.224 e. The van der Waals surface area contributed by atoms with Crippen LogP contribution in [0.3, 0.4) is 0 Å². The Hall–Kier alpha value is -1.69. The lowest BCUT2D eigenvalue weighted by Crippen LogP contribution is -2.23. The third-order valence-electron chi connectivity index (χ3n) is 2.70. The molecule has 0 aromatic carbocycles. The Labute approximate surface area is 116 Å². The minimum atomic E-state index is -0.393. The van der Waals surface area contributed by atoms with E-state index < -0.39 is 5.82 Å². The number of anilines is 2. The van der Waals surface area contributed by atoms with E-state index in [-0.39, 0.29) is 0 Å². The summed E-state index contributed by atoms with van der Waals surface area (Å²) in [6, 6.07) is 4.10. The van der Waals surface area contributed by atoms with Gasteiger partial charge in [0.25, 0.3) is 0 Å².